The number of hydrogen-bond acceptors (Lipinski definition) is 9. The van der Waals surface area contributed by atoms with Gasteiger partial charge in [0.05, 0.1) is 6.61 Å². The summed E-state index contributed by atoms with van der Waals surface area (Å²) in [5.41, 5.74) is 4.77. The maximum Gasteiger partial charge on any atom is 1.00 e. The van der Waals surface area contributed by atoms with Gasteiger partial charge in [0.15, 0.2) is 0 Å². The summed E-state index contributed by atoms with van der Waals surface area (Å²) in [4.78, 5) is 9.65. The molecule has 1 rings (SSSR count). The van der Waals surface area contributed by atoms with E-state index >= 15 is 0 Å². The van der Waals surface area contributed by atoms with Gasteiger partial charge in [0.1, 0.15) is 42.7 Å². The summed E-state index contributed by atoms with van der Waals surface area (Å²) in [5, 5.41) is 69.7. The predicted molar refractivity (Wildman–Crippen MR) is 59.8 cm³/mol. The van der Waals surface area contributed by atoms with E-state index < -0.39 is 55.2 Å². The third kappa shape index (κ3) is 4.63. The van der Waals surface area contributed by atoms with Crippen LogP contribution in [0.4, 0.5) is 0 Å². The highest BCUT2D eigenvalue weighted by Gasteiger charge is 2.47. The molecule has 1 atom stereocenters. The first-order chi connectivity index (χ1) is 8.64. The fraction of sp³-hybridized carbons (Fsp3) is 0.889. The molecular weight excluding hydrogens is 266 g/mol. The average Bonchev–Trinajstić information content (AvgIpc) is 2.40. The Morgan fingerprint density at radius 1 is 0.895 bits per heavy atom. The molecule has 0 amide bonds. The van der Waals surface area contributed by atoms with Crippen LogP contribution in [0.5, 0.6) is 0 Å². The molecule has 0 aliphatic heterocycles. The molecule has 0 aromatic rings. The van der Waals surface area contributed by atoms with Gasteiger partial charge in [-0.05, 0) is 0 Å². The number of nitrogens with two attached hydrogens (primary N) is 1. The van der Waals surface area contributed by atoms with Crippen LogP contribution in [0.2, 0.25) is 0 Å². The second kappa shape index (κ2) is 7.67. The Labute approximate surface area is 109 Å². The molecule has 0 spiro atoms. The van der Waals surface area contributed by atoms with E-state index in [4.69, 9.17) is 46.6 Å². The first kappa shape index (κ1) is 18.1. The van der Waals surface area contributed by atoms with Crippen molar-refractivity contribution in [2.24, 2.45) is 5.73 Å². The Bertz CT molecular complexity index is 236. The zero-order valence-corrected chi connectivity index (χ0v) is 9.81. The Morgan fingerprint density at radius 2 is 1.11 bits per heavy atom. The standard InChI is InChI=1S/C6H12O6.C3H7NO3/c7-1-2(8)4(10)6(12)5(11)3(1)9;4-2(1-5)3(6)7/h1-12H;2,5H,1,4H2,(H,6,7)/p+1/t;2-/m.0/s1. The monoisotopic (exact) mass is 286 g/mol. The van der Waals surface area contributed by atoms with E-state index in [1.807, 2.05) is 0 Å². The van der Waals surface area contributed by atoms with Crippen molar-refractivity contribution in [3.05, 3.63) is 0 Å². The lowest BCUT2D eigenvalue weighted by molar-refractivity contribution is -0.223. The summed E-state index contributed by atoms with van der Waals surface area (Å²) in [7, 11) is 0. The van der Waals surface area contributed by atoms with E-state index in [0.29, 0.717) is 0 Å². The molecule has 10 heteroatoms. The maximum atomic E-state index is 9.65. The maximum absolute atomic E-state index is 9.65. The second-order valence-electron chi connectivity index (χ2n) is 4.07. The van der Waals surface area contributed by atoms with Crippen molar-refractivity contribution in [2.75, 3.05) is 6.61 Å². The van der Waals surface area contributed by atoms with Gasteiger partial charge in [0.2, 0.25) is 0 Å². The lowest BCUT2D eigenvalue weighted by Gasteiger charge is -2.39. The molecule has 114 valence electrons. The molecule has 1 aliphatic carbocycles. The van der Waals surface area contributed by atoms with Crippen LogP contribution in [0.15, 0.2) is 0 Å². The summed E-state index contributed by atoms with van der Waals surface area (Å²) >= 11 is 0. The Kier molecular flexibility index (Phi) is 7.33. The van der Waals surface area contributed by atoms with Gasteiger partial charge in [-0.1, -0.05) is 0 Å². The number of carboxylic acids is 1. The van der Waals surface area contributed by atoms with Crippen LogP contribution in [0, 0.1) is 0 Å². The van der Waals surface area contributed by atoms with Crippen molar-refractivity contribution in [3.8, 4) is 0 Å². The minimum Gasteiger partial charge on any atom is -0.480 e. The van der Waals surface area contributed by atoms with Crippen molar-refractivity contribution in [2.45, 2.75) is 42.7 Å². The third-order valence-corrected chi connectivity index (χ3v) is 2.61. The number of rotatable bonds is 2. The molecular formula is C9H20NO9+. The average molecular weight is 286 g/mol. The van der Waals surface area contributed by atoms with Crippen LogP contribution in [0.1, 0.15) is 1.43 Å². The minimum absolute atomic E-state index is 0. The second-order valence-corrected chi connectivity index (χ2v) is 4.07. The number of hydrogen-bond donors (Lipinski definition) is 9. The van der Waals surface area contributed by atoms with Crippen molar-refractivity contribution in [1.82, 2.24) is 0 Å². The quantitative estimate of drug-likeness (QED) is 0.235. The molecule has 1 aliphatic rings. The van der Waals surface area contributed by atoms with Crippen molar-refractivity contribution < 1.29 is 47.1 Å². The summed E-state index contributed by atoms with van der Waals surface area (Å²) in [6.45, 7) is -0.505. The predicted octanol–water partition coefficient (Wildman–Crippen LogP) is -5.33. The van der Waals surface area contributed by atoms with E-state index in [1.165, 1.54) is 0 Å². The Hall–Kier alpha value is -0.850. The number of aliphatic hydroxyl groups excluding tert-OH is 7. The molecule has 0 unspecified atom stereocenters. The SMILES string of the molecule is N[C@@H](CO)C(=O)O.OC1C(O)C(O)C(O)C(O)C1O.[H+]. The summed E-state index contributed by atoms with van der Waals surface area (Å²) in [6, 6.07) is -1.13. The van der Waals surface area contributed by atoms with Gasteiger partial charge < -0.3 is 46.6 Å². The summed E-state index contributed by atoms with van der Waals surface area (Å²) < 4.78 is 0. The number of aliphatic carboxylic acids is 1. The van der Waals surface area contributed by atoms with E-state index in [1.54, 1.807) is 0 Å². The molecule has 1 fully saturated rings. The van der Waals surface area contributed by atoms with E-state index in [2.05, 4.69) is 0 Å². The summed E-state index contributed by atoms with van der Waals surface area (Å²) in [5.74, 6) is -1.18. The molecule has 10 nitrogen and oxygen atoms in total. The van der Waals surface area contributed by atoms with Crippen LogP contribution in [-0.2, 0) is 4.79 Å². The lowest BCUT2D eigenvalue weighted by Crippen LogP contribution is -2.63. The van der Waals surface area contributed by atoms with Crippen molar-refractivity contribution >= 4 is 5.97 Å². The van der Waals surface area contributed by atoms with Gasteiger partial charge in [-0.3, -0.25) is 4.79 Å². The van der Waals surface area contributed by atoms with Crippen LogP contribution in [-0.4, -0.2) is 96.1 Å². The molecule has 1 saturated carbocycles. The Balaban J connectivity index is 0. The highest BCUT2D eigenvalue weighted by atomic mass is 16.4. The highest BCUT2D eigenvalue weighted by molar-refractivity contribution is 5.73. The first-order valence-corrected chi connectivity index (χ1v) is 5.32. The van der Waals surface area contributed by atoms with Crippen molar-refractivity contribution in [1.29, 1.82) is 0 Å². The van der Waals surface area contributed by atoms with E-state index in [-0.39, 0.29) is 1.43 Å². The normalized spacial score (nSPS) is 40.0. The van der Waals surface area contributed by atoms with Crippen LogP contribution >= 0.6 is 0 Å². The van der Waals surface area contributed by atoms with Crippen LogP contribution in [0.25, 0.3) is 0 Å². The third-order valence-electron chi connectivity index (χ3n) is 2.61. The summed E-state index contributed by atoms with van der Waals surface area (Å²) in [6.07, 6.45) is -9.84. The largest absolute Gasteiger partial charge is 1.00 e. The number of carbonyl (C=O) groups is 1. The zero-order valence-electron chi connectivity index (χ0n) is 10.8. The van der Waals surface area contributed by atoms with Gasteiger partial charge in [0, 0.05) is 0 Å². The molecule has 0 aromatic heterocycles. The Morgan fingerprint density at radius 3 is 1.16 bits per heavy atom. The lowest BCUT2D eigenvalue weighted by atomic mass is 9.85. The molecule has 0 aromatic carbocycles. The first-order valence-electron chi connectivity index (χ1n) is 5.32. The van der Waals surface area contributed by atoms with Gasteiger partial charge in [0.25, 0.3) is 0 Å². The van der Waals surface area contributed by atoms with E-state index in [9.17, 15) is 4.79 Å². The molecule has 0 saturated heterocycles. The molecule has 0 radical (unpaired) electrons. The molecule has 10 N–H and O–H groups in total. The van der Waals surface area contributed by atoms with Crippen molar-refractivity contribution in [3.63, 3.8) is 0 Å². The highest BCUT2D eigenvalue weighted by Crippen LogP contribution is 2.20. The minimum atomic E-state index is -1.64. The van der Waals surface area contributed by atoms with Crippen LogP contribution in [0.3, 0.4) is 0 Å². The number of carboxylic acid groups (broad SMARTS) is 1. The fourth-order valence-electron chi connectivity index (χ4n) is 1.29. The topological polar surface area (TPSA) is 205 Å². The van der Waals surface area contributed by atoms with Crippen LogP contribution < -0.4 is 5.73 Å². The van der Waals surface area contributed by atoms with Gasteiger partial charge in [-0.25, -0.2) is 0 Å². The van der Waals surface area contributed by atoms with E-state index in [0.717, 1.165) is 0 Å². The fourth-order valence-corrected chi connectivity index (χ4v) is 1.29. The zero-order chi connectivity index (χ0) is 15.3. The van der Waals surface area contributed by atoms with Gasteiger partial charge in [-0.15, -0.1) is 0 Å². The van der Waals surface area contributed by atoms with Gasteiger partial charge in [-0.2, -0.15) is 0 Å². The smallest absolute Gasteiger partial charge is 0.480 e. The molecule has 0 heterocycles. The molecule has 19 heavy (non-hydrogen) atoms. The van der Waals surface area contributed by atoms with Gasteiger partial charge >= 0.3 is 7.40 Å². The number of aliphatic hydroxyl groups is 7. The molecule has 0 bridgehead atoms.